The van der Waals surface area contributed by atoms with E-state index in [1.807, 2.05) is 0 Å². The van der Waals surface area contributed by atoms with Crippen LogP contribution in [0.3, 0.4) is 0 Å². The Hall–Kier alpha value is -1.36. The van der Waals surface area contributed by atoms with Crippen molar-refractivity contribution >= 4 is 5.69 Å². The Labute approximate surface area is 94.3 Å². The summed E-state index contributed by atoms with van der Waals surface area (Å²) in [7, 11) is 0. The van der Waals surface area contributed by atoms with Gasteiger partial charge in [0.2, 0.25) is 0 Å². The number of aromatic amines is 1. The lowest BCUT2D eigenvalue weighted by molar-refractivity contribution is 0.297. The minimum atomic E-state index is -0.229. The molecule has 0 atom stereocenters. The Morgan fingerprint density at radius 1 is 1.44 bits per heavy atom. The zero-order valence-corrected chi connectivity index (χ0v) is 9.29. The molecule has 0 spiro atoms. The summed E-state index contributed by atoms with van der Waals surface area (Å²) in [6.07, 6.45) is 4.07. The van der Waals surface area contributed by atoms with Gasteiger partial charge in [0, 0.05) is 12.7 Å². The first-order valence-corrected chi connectivity index (χ1v) is 5.45. The highest BCUT2D eigenvalue weighted by atomic mass is 19.1. The van der Waals surface area contributed by atoms with Crippen molar-refractivity contribution in [3.63, 3.8) is 0 Å². The SMILES string of the molecule is FCCN1CCCC1.Nc1ccc[nH]c1=O. The molecule has 0 unspecified atom stereocenters. The Morgan fingerprint density at radius 2 is 2.12 bits per heavy atom. The van der Waals surface area contributed by atoms with Crippen LogP contribution in [-0.2, 0) is 0 Å². The van der Waals surface area contributed by atoms with Crippen LogP contribution in [-0.4, -0.2) is 36.2 Å². The van der Waals surface area contributed by atoms with Crippen molar-refractivity contribution in [1.29, 1.82) is 0 Å². The summed E-state index contributed by atoms with van der Waals surface area (Å²) in [5, 5.41) is 0. The molecule has 4 nitrogen and oxygen atoms in total. The van der Waals surface area contributed by atoms with E-state index in [1.165, 1.54) is 12.8 Å². The van der Waals surface area contributed by atoms with Gasteiger partial charge in [-0.15, -0.1) is 0 Å². The van der Waals surface area contributed by atoms with Gasteiger partial charge in [0.25, 0.3) is 5.56 Å². The molecule has 0 radical (unpaired) electrons. The maximum absolute atomic E-state index is 11.6. The van der Waals surface area contributed by atoms with E-state index in [0.717, 1.165) is 13.1 Å². The number of nitrogens with one attached hydrogen (secondary N) is 1. The maximum atomic E-state index is 11.6. The van der Waals surface area contributed by atoms with Gasteiger partial charge in [0.15, 0.2) is 0 Å². The summed E-state index contributed by atoms with van der Waals surface area (Å²) in [6.45, 7) is 2.70. The number of nitrogens with zero attached hydrogens (tertiary/aromatic N) is 1. The van der Waals surface area contributed by atoms with Crippen LogP contribution in [0.4, 0.5) is 10.1 Å². The third-order valence-electron chi connectivity index (χ3n) is 2.45. The fourth-order valence-corrected chi connectivity index (χ4v) is 1.56. The molecule has 1 aliphatic heterocycles. The average Bonchev–Trinajstić information content (AvgIpc) is 2.77. The molecule has 16 heavy (non-hydrogen) atoms. The highest BCUT2D eigenvalue weighted by Gasteiger charge is 2.09. The lowest BCUT2D eigenvalue weighted by atomic mass is 10.4. The lowest BCUT2D eigenvalue weighted by Crippen LogP contribution is -2.21. The van der Waals surface area contributed by atoms with Crippen LogP contribution >= 0.6 is 0 Å². The second kappa shape index (κ2) is 7.00. The van der Waals surface area contributed by atoms with Gasteiger partial charge in [-0.1, -0.05) is 0 Å². The molecule has 0 saturated carbocycles. The standard InChI is InChI=1S/C6H12FN.C5H6N2O/c7-3-6-8-4-1-2-5-8;6-4-2-1-3-7-5(4)8/h1-6H2;1-3H,6H2,(H,7,8). The molecule has 3 N–H and O–H groups in total. The smallest absolute Gasteiger partial charge is 0.271 e. The zero-order chi connectivity index (χ0) is 11.8. The predicted octanol–water partition coefficient (Wildman–Crippen LogP) is 1.01. The number of hydrogen-bond donors (Lipinski definition) is 2. The van der Waals surface area contributed by atoms with E-state index >= 15 is 0 Å². The average molecular weight is 227 g/mol. The second-order valence-corrected chi connectivity index (χ2v) is 3.69. The van der Waals surface area contributed by atoms with Crippen LogP contribution in [0.15, 0.2) is 23.1 Å². The first-order chi connectivity index (χ1) is 7.74. The number of likely N-dealkylation sites (tertiary alicyclic amines) is 1. The van der Waals surface area contributed by atoms with Gasteiger partial charge in [-0.05, 0) is 38.1 Å². The van der Waals surface area contributed by atoms with E-state index < -0.39 is 0 Å². The molecular weight excluding hydrogens is 209 g/mol. The molecule has 1 aliphatic rings. The van der Waals surface area contributed by atoms with E-state index in [0.29, 0.717) is 6.54 Å². The van der Waals surface area contributed by atoms with Gasteiger partial charge in [0.05, 0.1) is 5.69 Å². The van der Waals surface area contributed by atoms with E-state index in [-0.39, 0.29) is 17.9 Å². The Morgan fingerprint density at radius 3 is 2.56 bits per heavy atom. The molecule has 2 rings (SSSR count). The van der Waals surface area contributed by atoms with Crippen LogP contribution in [0.1, 0.15) is 12.8 Å². The van der Waals surface area contributed by atoms with Crippen molar-refractivity contribution < 1.29 is 4.39 Å². The summed E-state index contributed by atoms with van der Waals surface area (Å²) < 4.78 is 11.6. The summed E-state index contributed by atoms with van der Waals surface area (Å²) in [6, 6.07) is 3.23. The molecule has 1 aromatic heterocycles. The first kappa shape index (κ1) is 12.7. The number of pyridine rings is 1. The number of nitrogens with two attached hydrogens (primary N) is 1. The van der Waals surface area contributed by atoms with Crippen LogP contribution in [0.25, 0.3) is 0 Å². The summed E-state index contributed by atoms with van der Waals surface area (Å²) in [4.78, 5) is 15.0. The molecule has 1 saturated heterocycles. The number of alkyl halides is 1. The number of halogens is 1. The fraction of sp³-hybridized carbons (Fsp3) is 0.545. The van der Waals surface area contributed by atoms with Crippen LogP contribution in [0.2, 0.25) is 0 Å². The van der Waals surface area contributed by atoms with E-state index in [4.69, 9.17) is 5.73 Å². The molecule has 2 heterocycles. The minimum Gasteiger partial charge on any atom is -0.394 e. The zero-order valence-electron chi connectivity index (χ0n) is 9.29. The van der Waals surface area contributed by atoms with Crippen LogP contribution in [0, 0.1) is 0 Å². The van der Waals surface area contributed by atoms with Crippen molar-refractivity contribution in [3.05, 3.63) is 28.7 Å². The third-order valence-corrected chi connectivity index (χ3v) is 2.45. The minimum absolute atomic E-state index is 0.181. The first-order valence-electron chi connectivity index (χ1n) is 5.45. The summed E-state index contributed by atoms with van der Waals surface area (Å²) in [5.41, 5.74) is 5.20. The molecule has 1 aromatic rings. The van der Waals surface area contributed by atoms with Crippen molar-refractivity contribution in [2.24, 2.45) is 0 Å². The highest BCUT2D eigenvalue weighted by molar-refractivity contribution is 5.32. The van der Waals surface area contributed by atoms with Gasteiger partial charge in [-0.25, -0.2) is 4.39 Å². The molecule has 0 aliphatic carbocycles. The Balaban J connectivity index is 0.000000160. The summed E-state index contributed by atoms with van der Waals surface area (Å²) in [5.74, 6) is 0. The molecule has 0 bridgehead atoms. The van der Waals surface area contributed by atoms with Gasteiger partial charge in [0.1, 0.15) is 6.67 Å². The van der Waals surface area contributed by atoms with Crippen LogP contribution < -0.4 is 11.3 Å². The normalized spacial score (nSPS) is 15.6. The van der Waals surface area contributed by atoms with Crippen molar-refractivity contribution in [1.82, 2.24) is 9.88 Å². The topological polar surface area (TPSA) is 62.1 Å². The third kappa shape index (κ3) is 4.44. The lowest BCUT2D eigenvalue weighted by Gasteiger charge is -2.09. The number of rotatable bonds is 2. The van der Waals surface area contributed by atoms with E-state index in [2.05, 4.69) is 9.88 Å². The van der Waals surface area contributed by atoms with Gasteiger partial charge in [-0.3, -0.25) is 4.79 Å². The molecule has 0 amide bonds. The second-order valence-electron chi connectivity index (χ2n) is 3.69. The Bertz CT molecular complexity index is 347. The fourth-order valence-electron chi connectivity index (χ4n) is 1.56. The summed E-state index contributed by atoms with van der Waals surface area (Å²) >= 11 is 0. The van der Waals surface area contributed by atoms with Crippen molar-refractivity contribution in [2.45, 2.75) is 12.8 Å². The molecule has 90 valence electrons. The highest BCUT2D eigenvalue weighted by Crippen LogP contribution is 2.05. The van der Waals surface area contributed by atoms with Gasteiger partial charge < -0.3 is 15.6 Å². The van der Waals surface area contributed by atoms with Crippen LogP contribution in [0.5, 0.6) is 0 Å². The monoisotopic (exact) mass is 227 g/mol. The van der Waals surface area contributed by atoms with Gasteiger partial charge in [-0.2, -0.15) is 0 Å². The number of anilines is 1. The van der Waals surface area contributed by atoms with Gasteiger partial charge >= 0.3 is 0 Å². The number of nitrogen functional groups attached to an aromatic ring is 1. The van der Waals surface area contributed by atoms with Crippen molar-refractivity contribution in [2.75, 3.05) is 32.0 Å². The van der Waals surface area contributed by atoms with Crippen molar-refractivity contribution in [3.8, 4) is 0 Å². The Kier molecular flexibility index (Phi) is 5.56. The molecule has 5 heteroatoms. The molecule has 0 aromatic carbocycles. The molecular formula is C11H18FN3O. The molecule has 1 fully saturated rings. The number of aromatic nitrogens is 1. The largest absolute Gasteiger partial charge is 0.394 e. The number of hydrogen-bond acceptors (Lipinski definition) is 3. The van der Waals surface area contributed by atoms with E-state index in [9.17, 15) is 9.18 Å². The van der Waals surface area contributed by atoms with E-state index in [1.54, 1.807) is 18.3 Å². The predicted molar refractivity (Wildman–Crippen MR) is 63.1 cm³/mol. The maximum Gasteiger partial charge on any atom is 0.271 e. The quantitative estimate of drug-likeness (QED) is 0.792. The number of H-pyrrole nitrogens is 1.